The van der Waals surface area contributed by atoms with Gasteiger partial charge in [-0.1, -0.05) is 6.58 Å². The topological polar surface area (TPSA) is 78.9 Å². The normalized spacial score (nSPS) is 23.4. The molecule has 1 atom stereocenters. The van der Waals surface area contributed by atoms with Gasteiger partial charge in [-0.15, -0.1) is 0 Å². The minimum atomic E-state index is -3.56. The molecular formula is C9H14O6S. The Balaban J connectivity index is 2.36. The van der Waals surface area contributed by atoms with Crippen LogP contribution in [0.2, 0.25) is 0 Å². The molecule has 0 bridgehead atoms. The third-order valence-electron chi connectivity index (χ3n) is 1.79. The molecule has 7 heteroatoms. The zero-order chi connectivity index (χ0) is 12.2. The van der Waals surface area contributed by atoms with Crippen molar-refractivity contribution in [2.45, 2.75) is 19.4 Å². The van der Waals surface area contributed by atoms with Crippen LogP contribution >= 0.6 is 0 Å². The summed E-state index contributed by atoms with van der Waals surface area (Å²) in [6.45, 7) is 5.34. The highest BCUT2D eigenvalue weighted by Crippen LogP contribution is 2.13. The molecule has 0 N–H and O–H groups in total. The van der Waals surface area contributed by atoms with Gasteiger partial charge in [0.15, 0.2) is 0 Å². The molecule has 0 aromatic rings. The molecule has 1 aliphatic heterocycles. The molecule has 0 saturated carbocycles. The van der Waals surface area contributed by atoms with Crippen LogP contribution in [0.15, 0.2) is 12.2 Å². The molecule has 1 saturated heterocycles. The highest BCUT2D eigenvalue weighted by molar-refractivity contribution is 7.86. The van der Waals surface area contributed by atoms with Gasteiger partial charge in [0, 0.05) is 6.42 Å². The summed E-state index contributed by atoms with van der Waals surface area (Å²) in [7, 11) is -3.56. The van der Waals surface area contributed by atoms with E-state index in [4.69, 9.17) is 4.74 Å². The minimum Gasteiger partial charge on any atom is -0.430 e. The zero-order valence-corrected chi connectivity index (χ0v) is 9.79. The first-order valence-corrected chi connectivity index (χ1v) is 6.32. The molecule has 1 aliphatic rings. The van der Waals surface area contributed by atoms with Crippen LogP contribution in [-0.4, -0.2) is 39.6 Å². The molecule has 0 amide bonds. The number of carbonyl (C=O) groups excluding carboxylic acids is 1. The van der Waals surface area contributed by atoms with E-state index in [9.17, 15) is 13.2 Å². The lowest BCUT2D eigenvalue weighted by molar-refractivity contribution is 0.0237. The van der Waals surface area contributed by atoms with Gasteiger partial charge in [0.1, 0.15) is 18.5 Å². The molecule has 92 valence electrons. The van der Waals surface area contributed by atoms with Crippen molar-refractivity contribution in [1.29, 1.82) is 0 Å². The molecule has 16 heavy (non-hydrogen) atoms. The summed E-state index contributed by atoms with van der Waals surface area (Å²) in [6, 6.07) is 0. The van der Waals surface area contributed by atoms with Gasteiger partial charge < -0.3 is 9.47 Å². The Morgan fingerprint density at radius 2 is 2.25 bits per heavy atom. The van der Waals surface area contributed by atoms with Gasteiger partial charge in [-0.2, -0.15) is 8.42 Å². The first kappa shape index (κ1) is 13.0. The van der Waals surface area contributed by atoms with Crippen LogP contribution in [0.4, 0.5) is 4.79 Å². The molecule has 1 heterocycles. The Bertz CT molecular complexity index is 371. The number of ether oxygens (including phenoxy) is 2. The maximum atomic E-state index is 11.1. The average Bonchev–Trinajstić information content (AvgIpc) is 2.13. The number of hydrogen-bond acceptors (Lipinski definition) is 6. The van der Waals surface area contributed by atoms with Crippen molar-refractivity contribution in [3.8, 4) is 0 Å². The van der Waals surface area contributed by atoms with E-state index in [2.05, 4.69) is 15.5 Å². The molecule has 1 fully saturated rings. The molecule has 1 rings (SSSR count). The number of hydrogen-bond donors (Lipinski definition) is 0. The van der Waals surface area contributed by atoms with E-state index in [1.165, 1.54) is 0 Å². The van der Waals surface area contributed by atoms with Crippen LogP contribution in [-0.2, 0) is 23.8 Å². The minimum absolute atomic E-state index is 0.0285. The summed E-state index contributed by atoms with van der Waals surface area (Å²) < 4.78 is 36.1. The van der Waals surface area contributed by atoms with Crippen molar-refractivity contribution < 1.29 is 26.9 Å². The fraction of sp³-hybridized carbons (Fsp3) is 0.667. The summed E-state index contributed by atoms with van der Waals surface area (Å²) in [5.41, 5.74) is 0.677. The number of carbonyl (C=O) groups is 1. The molecule has 0 aromatic carbocycles. The maximum absolute atomic E-state index is 11.1. The lowest BCUT2D eigenvalue weighted by Gasteiger charge is -2.21. The van der Waals surface area contributed by atoms with Gasteiger partial charge >= 0.3 is 6.16 Å². The number of rotatable bonds is 3. The van der Waals surface area contributed by atoms with E-state index in [1.807, 2.05) is 0 Å². The molecule has 0 radical (unpaired) electrons. The predicted molar refractivity (Wildman–Crippen MR) is 55.4 cm³/mol. The van der Waals surface area contributed by atoms with Crippen molar-refractivity contribution in [3.05, 3.63) is 12.2 Å². The van der Waals surface area contributed by atoms with Crippen molar-refractivity contribution >= 4 is 16.3 Å². The molecule has 0 aliphatic carbocycles. The van der Waals surface area contributed by atoms with Gasteiger partial charge in [-0.05, 0) is 12.5 Å². The highest BCUT2D eigenvalue weighted by atomic mass is 32.2. The molecular weight excluding hydrogens is 236 g/mol. The van der Waals surface area contributed by atoms with Crippen molar-refractivity contribution in [2.75, 3.05) is 19.0 Å². The fourth-order valence-corrected chi connectivity index (χ4v) is 2.25. The van der Waals surface area contributed by atoms with Crippen LogP contribution < -0.4 is 0 Å². The summed E-state index contributed by atoms with van der Waals surface area (Å²) in [5, 5.41) is 0. The van der Waals surface area contributed by atoms with Crippen LogP contribution in [0, 0.1) is 0 Å². The molecule has 1 unspecified atom stereocenters. The fourth-order valence-electron chi connectivity index (χ4n) is 1.11. The monoisotopic (exact) mass is 250 g/mol. The van der Waals surface area contributed by atoms with E-state index in [-0.39, 0.29) is 19.0 Å². The first-order chi connectivity index (χ1) is 7.39. The summed E-state index contributed by atoms with van der Waals surface area (Å²) in [5.74, 6) is -0.324. The second-order valence-electron chi connectivity index (χ2n) is 3.57. The average molecular weight is 250 g/mol. The Morgan fingerprint density at radius 1 is 1.56 bits per heavy atom. The van der Waals surface area contributed by atoms with E-state index in [0.717, 1.165) is 0 Å². The van der Waals surface area contributed by atoms with Gasteiger partial charge in [0.05, 0.1) is 6.61 Å². The Hall–Kier alpha value is -1.08. The second-order valence-corrected chi connectivity index (χ2v) is 5.26. The van der Waals surface area contributed by atoms with Crippen molar-refractivity contribution in [2.24, 2.45) is 0 Å². The van der Waals surface area contributed by atoms with Gasteiger partial charge in [0.2, 0.25) is 0 Å². The van der Waals surface area contributed by atoms with Crippen molar-refractivity contribution in [1.82, 2.24) is 0 Å². The van der Waals surface area contributed by atoms with Crippen LogP contribution in [0.5, 0.6) is 0 Å². The SMILES string of the molecule is C=C(C)COC(=O)OC1CCOS(=O)(=O)C1. The standard InChI is InChI=1S/C9H14O6S/c1-7(2)5-13-9(10)15-8-3-4-14-16(11,12)6-8/h8H,1,3-6H2,2H3. The van der Waals surface area contributed by atoms with Crippen molar-refractivity contribution in [3.63, 3.8) is 0 Å². The van der Waals surface area contributed by atoms with Crippen LogP contribution in [0.25, 0.3) is 0 Å². The van der Waals surface area contributed by atoms with Gasteiger partial charge in [-0.3, -0.25) is 4.18 Å². The Labute approximate surface area is 94.3 Å². The summed E-state index contributed by atoms with van der Waals surface area (Å²) >= 11 is 0. The summed E-state index contributed by atoms with van der Waals surface area (Å²) in [6.07, 6.45) is -1.23. The molecule has 6 nitrogen and oxygen atoms in total. The summed E-state index contributed by atoms with van der Waals surface area (Å²) in [4.78, 5) is 11.1. The Morgan fingerprint density at radius 3 is 2.81 bits per heavy atom. The second kappa shape index (κ2) is 5.31. The molecule has 0 aromatic heterocycles. The van der Waals surface area contributed by atoms with Crippen LogP contribution in [0.3, 0.4) is 0 Å². The smallest absolute Gasteiger partial charge is 0.430 e. The van der Waals surface area contributed by atoms with Crippen LogP contribution in [0.1, 0.15) is 13.3 Å². The van der Waals surface area contributed by atoms with E-state index in [0.29, 0.717) is 12.0 Å². The lowest BCUT2D eigenvalue weighted by atomic mass is 10.3. The van der Waals surface area contributed by atoms with Gasteiger partial charge in [-0.25, -0.2) is 4.79 Å². The highest BCUT2D eigenvalue weighted by Gasteiger charge is 2.28. The maximum Gasteiger partial charge on any atom is 0.508 e. The van der Waals surface area contributed by atoms with E-state index < -0.39 is 22.4 Å². The van der Waals surface area contributed by atoms with E-state index in [1.54, 1.807) is 6.92 Å². The quantitative estimate of drug-likeness (QED) is 0.419. The van der Waals surface area contributed by atoms with Gasteiger partial charge in [0.25, 0.3) is 10.1 Å². The predicted octanol–water partition coefficient (Wildman–Crippen LogP) is 0.834. The molecule has 0 spiro atoms. The zero-order valence-electron chi connectivity index (χ0n) is 8.97. The Kier molecular flexibility index (Phi) is 4.31. The largest absolute Gasteiger partial charge is 0.508 e. The van der Waals surface area contributed by atoms with E-state index >= 15 is 0 Å². The third-order valence-corrected chi connectivity index (χ3v) is 3.10. The first-order valence-electron chi connectivity index (χ1n) is 4.74. The third kappa shape index (κ3) is 4.63. The lowest BCUT2D eigenvalue weighted by Crippen LogP contribution is -2.34.